The summed E-state index contributed by atoms with van der Waals surface area (Å²) >= 11 is 1.67. The fourth-order valence-corrected chi connectivity index (χ4v) is 6.14. The Morgan fingerprint density at radius 3 is 2.56 bits per heavy atom. The van der Waals surface area contributed by atoms with E-state index in [0.717, 1.165) is 44.3 Å². The number of aliphatic hydroxyl groups is 1. The minimum absolute atomic E-state index is 0.000521. The van der Waals surface area contributed by atoms with Gasteiger partial charge < -0.3 is 29.2 Å². The molecular formula is C34H37N3O5S. The van der Waals surface area contributed by atoms with Crippen LogP contribution in [0, 0.1) is 5.92 Å². The maximum Gasteiger partial charge on any atom is 0.407 e. The number of thioether (sulfide) groups is 1. The second kappa shape index (κ2) is 14.5. The molecule has 0 radical (unpaired) electrons. The van der Waals surface area contributed by atoms with Gasteiger partial charge in [0.05, 0.1) is 18.8 Å². The predicted molar refractivity (Wildman–Crippen MR) is 167 cm³/mol. The zero-order valence-electron chi connectivity index (χ0n) is 24.4. The molecule has 3 aromatic carbocycles. The molecule has 8 nitrogen and oxygen atoms in total. The van der Waals surface area contributed by atoms with Crippen LogP contribution in [0.3, 0.4) is 0 Å². The summed E-state index contributed by atoms with van der Waals surface area (Å²) in [7, 11) is 1.99. The average molecular weight is 600 g/mol. The number of nitrogens with zero attached hydrogens (tertiary/aromatic N) is 2. The van der Waals surface area contributed by atoms with E-state index in [-0.39, 0.29) is 31.3 Å². The van der Waals surface area contributed by atoms with Gasteiger partial charge >= 0.3 is 6.09 Å². The van der Waals surface area contributed by atoms with Crippen molar-refractivity contribution in [3.63, 3.8) is 0 Å². The van der Waals surface area contributed by atoms with Gasteiger partial charge in [-0.05, 0) is 39.9 Å². The summed E-state index contributed by atoms with van der Waals surface area (Å²) in [6.45, 7) is 6.23. The van der Waals surface area contributed by atoms with Crippen molar-refractivity contribution in [2.45, 2.75) is 43.7 Å². The highest BCUT2D eigenvalue weighted by Crippen LogP contribution is 2.43. The first kappa shape index (κ1) is 30.6. The van der Waals surface area contributed by atoms with Crippen LogP contribution in [0.4, 0.5) is 4.79 Å². The molecule has 0 unspecified atom stereocenters. The normalized spacial score (nSPS) is 20.0. The molecule has 224 valence electrons. The lowest BCUT2D eigenvalue weighted by Gasteiger charge is -2.41. The maximum atomic E-state index is 11.9. The fraction of sp³-hybridized carbons (Fsp3) is 0.294. The summed E-state index contributed by atoms with van der Waals surface area (Å²) < 4.78 is 20.3. The number of benzene rings is 3. The van der Waals surface area contributed by atoms with Gasteiger partial charge in [-0.1, -0.05) is 92.0 Å². The van der Waals surface area contributed by atoms with E-state index >= 15 is 0 Å². The van der Waals surface area contributed by atoms with Crippen LogP contribution in [-0.4, -0.2) is 39.2 Å². The van der Waals surface area contributed by atoms with Gasteiger partial charge in [-0.15, -0.1) is 0 Å². The lowest BCUT2D eigenvalue weighted by atomic mass is 9.91. The minimum atomic E-state index is -0.574. The number of aliphatic hydroxyl groups excluding tert-OH is 1. The number of aryl methyl sites for hydroxylation is 1. The molecule has 1 amide bonds. The predicted octanol–water partition coefficient (Wildman–Crippen LogP) is 6.58. The number of amides is 1. The summed E-state index contributed by atoms with van der Waals surface area (Å²) in [5.41, 5.74) is 5.82. The first-order valence-electron chi connectivity index (χ1n) is 14.3. The number of ether oxygens (including phenoxy) is 3. The first-order valence-corrected chi connectivity index (χ1v) is 15.2. The van der Waals surface area contributed by atoms with E-state index < -0.39 is 12.4 Å². The molecule has 9 heteroatoms. The summed E-state index contributed by atoms with van der Waals surface area (Å²) in [4.78, 5) is 16.3. The fourth-order valence-electron chi connectivity index (χ4n) is 5.04. The molecule has 1 aliphatic heterocycles. The number of alkyl carbamates (subject to hydrolysis) is 1. The lowest BCUT2D eigenvalue weighted by Crippen LogP contribution is -2.38. The van der Waals surface area contributed by atoms with Crippen LogP contribution >= 0.6 is 11.8 Å². The first-order chi connectivity index (χ1) is 20.9. The number of nitrogens with one attached hydrogen (secondary N) is 1. The zero-order chi connectivity index (χ0) is 30.2. The molecule has 1 aliphatic rings. The molecule has 0 bridgehead atoms. The second-order valence-electron chi connectivity index (χ2n) is 10.5. The molecule has 0 spiro atoms. The van der Waals surface area contributed by atoms with E-state index in [1.54, 1.807) is 18.0 Å². The number of aromatic nitrogens is 2. The van der Waals surface area contributed by atoms with Gasteiger partial charge in [-0.25, -0.2) is 9.78 Å². The Morgan fingerprint density at radius 2 is 1.84 bits per heavy atom. The third-order valence-electron chi connectivity index (χ3n) is 7.47. The zero-order valence-corrected chi connectivity index (χ0v) is 25.2. The molecular weight excluding hydrogens is 562 g/mol. The third-order valence-corrected chi connectivity index (χ3v) is 8.61. The molecule has 43 heavy (non-hydrogen) atoms. The third kappa shape index (κ3) is 7.74. The second-order valence-corrected chi connectivity index (χ2v) is 11.5. The molecule has 1 fully saturated rings. The quantitative estimate of drug-likeness (QED) is 0.149. The Balaban J connectivity index is 1.37. The highest BCUT2D eigenvalue weighted by atomic mass is 32.2. The summed E-state index contributed by atoms with van der Waals surface area (Å²) in [6, 6.07) is 24.2. The molecule has 1 aromatic heterocycles. The van der Waals surface area contributed by atoms with Crippen LogP contribution in [0.2, 0.25) is 0 Å². The summed E-state index contributed by atoms with van der Waals surface area (Å²) in [6.07, 6.45) is 3.93. The smallest absolute Gasteiger partial charge is 0.407 e. The monoisotopic (exact) mass is 599 g/mol. The minimum Gasteiger partial charge on any atom is -0.445 e. The van der Waals surface area contributed by atoms with Crippen LogP contribution < -0.4 is 5.32 Å². The Bertz CT molecular complexity index is 1520. The van der Waals surface area contributed by atoms with E-state index in [9.17, 15) is 9.90 Å². The van der Waals surface area contributed by atoms with Gasteiger partial charge in [-0.2, -0.15) is 0 Å². The molecule has 4 atom stereocenters. The van der Waals surface area contributed by atoms with Gasteiger partial charge in [0.2, 0.25) is 0 Å². The topological polar surface area (TPSA) is 94.8 Å². The van der Waals surface area contributed by atoms with Crippen molar-refractivity contribution < 1.29 is 24.1 Å². The van der Waals surface area contributed by atoms with E-state index in [2.05, 4.69) is 42.0 Å². The van der Waals surface area contributed by atoms with Crippen molar-refractivity contribution in [3.05, 3.63) is 120 Å². The van der Waals surface area contributed by atoms with Gasteiger partial charge in [0, 0.05) is 43.2 Å². The van der Waals surface area contributed by atoms with Crippen molar-refractivity contribution in [2.24, 2.45) is 13.0 Å². The Morgan fingerprint density at radius 1 is 1.07 bits per heavy atom. The molecule has 2 N–H and O–H groups in total. The Labute approximate surface area is 256 Å². The summed E-state index contributed by atoms with van der Waals surface area (Å²) in [5, 5.41) is 13.2. The number of hydrogen-bond donors (Lipinski definition) is 2. The molecule has 1 saturated heterocycles. The lowest BCUT2D eigenvalue weighted by molar-refractivity contribution is -0.268. The Hall–Kier alpha value is -3.89. The van der Waals surface area contributed by atoms with Gasteiger partial charge in [0.25, 0.3) is 0 Å². The molecule has 2 heterocycles. The highest BCUT2D eigenvalue weighted by molar-refractivity contribution is 7.99. The summed E-state index contributed by atoms with van der Waals surface area (Å²) in [5.74, 6) is 0.802. The van der Waals surface area contributed by atoms with E-state index in [4.69, 9.17) is 14.2 Å². The van der Waals surface area contributed by atoms with Crippen molar-refractivity contribution in [2.75, 3.05) is 12.4 Å². The number of imidazole rings is 1. The van der Waals surface area contributed by atoms with Crippen LogP contribution in [0.1, 0.15) is 41.6 Å². The van der Waals surface area contributed by atoms with E-state index in [1.807, 2.05) is 72.4 Å². The molecule has 0 aliphatic carbocycles. The van der Waals surface area contributed by atoms with Crippen LogP contribution in [-0.2, 0) is 34.4 Å². The molecule has 0 saturated carbocycles. The number of hydrogen-bond acceptors (Lipinski definition) is 7. The van der Waals surface area contributed by atoms with Crippen molar-refractivity contribution in [3.8, 4) is 11.1 Å². The Kier molecular flexibility index (Phi) is 10.3. The van der Waals surface area contributed by atoms with Gasteiger partial charge in [-0.3, -0.25) is 0 Å². The average Bonchev–Trinajstić information content (AvgIpc) is 3.46. The van der Waals surface area contributed by atoms with E-state index in [0.29, 0.717) is 6.54 Å². The van der Waals surface area contributed by atoms with Crippen molar-refractivity contribution in [1.29, 1.82) is 0 Å². The van der Waals surface area contributed by atoms with Crippen molar-refractivity contribution >= 4 is 17.9 Å². The number of rotatable bonds is 11. The SMILES string of the molecule is C=CCOC(=O)NCc1cccc(-c2cccc([C@@H]3O[C@H](CSc4nccn4C)[C@H](C)[C@H](c4ccc(CO)cc4)O3)c2)c1. The maximum absolute atomic E-state index is 11.9. The highest BCUT2D eigenvalue weighted by Gasteiger charge is 2.38. The standard InChI is InChI=1S/C34H37N3O5S/c1-4-17-40-34(39)36-20-25-7-5-8-27(18-25)28-9-6-10-29(19-28)32-41-30(22-43-33-35-15-16-37(33)3)23(2)31(42-32)26-13-11-24(21-38)12-14-26/h4-16,18-19,23,30-32,38H,1,17,20-22H2,2-3H3,(H,36,39)/t23-,30+,31+,32+/m0/s1. The number of carbonyl (C=O) groups is 1. The molecule has 4 aromatic rings. The van der Waals surface area contributed by atoms with E-state index in [1.165, 1.54) is 6.08 Å². The van der Waals surface area contributed by atoms with Crippen molar-refractivity contribution in [1.82, 2.24) is 14.9 Å². The molecule has 5 rings (SSSR count). The largest absolute Gasteiger partial charge is 0.445 e. The van der Waals surface area contributed by atoms with Gasteiger partial charge in [0.15, 0.2) is 11.4 Å². The van der Waals surface area contributed by atoms with Crippen LogP contribution in [0.5, 0.6) is 0 Å². The van der Waals surface area contributed by atoms with Crippen LogP contribution in [0.15, 0.2) is 103 Å². The van der Waals surface area contributed by atoms with Gasteiger partial charge in [0.1, 0.15) is 6.61 Å². The van der Waals surface area contributed by atoms with Crippen LogP contribution in [0.25, 0.3) is 11.1 Å². The number of carbonyl (C=O) groups excluding carboxylic acids is 1.